The number of aliphatic hydroxyl groups is 1. The molecule has 1 atom stereocenters. The largest absolute Gasteiger partial charge is 0.496 e. The van der Waals surface area contributed by atoms with Gasteiger partial charge in [-0.3, -0.25) is 5.32 Å². The molecule has 0 aromatic heterocycles. The third-order valence-corrected chi connectivity index (χ3v) is 2.26. The Morgan fingerprint density at radius 3 is 2.64 bits per heavy atom. The van der Waals surface area contributed by atoms with Crippen molar-refractivity contribution in [1.82, 2.24) is 5.32 Å². The number of methoxy groups -OCH3 is 1. The second kappa shape index (κ2) is 4.64. The summed E-state index contributed by atoms with van der Waals surface area (Å²) in [6.07, 6.45) is -0.762. The molecule has 0 saturated carbocycles. The van der Waals surface area contributed by atoms with Crippen LogP contribution >= 0.6 is 11.6 Å². The second-order valence-corrected chi connectivity index (χ2v) is 3.47. The number of hydrogen-bond acceptors (Lipinski definition) is 3. The zero-order valence-electron chi connectivity index (χ0n) is 8.47. The van der Waals surface area contributed by atoms with E-state index in [1.165, 1.54) is 0 Å². The van der Waals surface area contributed by atoms with E-state index < -0.39 is 6.23 Å². The highest BCUT2D eigenvalue weighted by molar-refractivity contribution is 6.30. The third-order valence-electron chi connectivity index (χ3n) is 2.04. The molecule has 0 fully saturated rings. The first-order valence-electron chi connectivity index (χ1n) is 4.29. The lowest BCUT2D eigenvalue weighted by molar-refractivity contribution is 0.145. The molecule has 0 heterocycles. The molecule has 4 heteroatoms. The molecule has 2 N–H and O–H groups in total. The Bertz CT molecular complexity index is 328. The lowest BCUT2D eigenvalue weighted by Gasteiger charge is -2.16. The van der Waals surface area contributed by atoms with Crippen molar-refractivity contribution in [2.75, 3.05) is 14.2 Å². The SMILES string of the molecule is CNC(O)c1cc(Cl)cc(C)c1OC. The molecule has 1 unspecified atom stereocenters. The van der Waals surface area contributed by atoms with Crippen LogP contribution in [0.3, 0.4) is 0 Å². The minimum Gasteiger partial charge on any atom is -0.496 e. The van der Waals surface area contributed by atoms with Crippen molar-refractivity contribution < 1.29 is 9.84 Å². The van der Waals surface area contributed by atoms with Crippen LogP contribution in [0.1, 0.15) is 17.4 Å². The zero-order chi connectivity index (χ0) is 10.7. The van der Waals surface area contributed by atoms with Gasteiger partial charge in [-0.05, 0) is 31.7 Å². The van der Waals surface area contributed by atoms with Crippen LogP contribution in [0, 0.1) is 6.92 Å². The van der Waals surface area contributed by atoms with Crippen LogP contribution < -0.4 is 10.1 Å². The van der Waals surface area contributed by atoms with Crippen molar-refractivity contribution in [3.05, 3.63) is 28.3 Å². The fourth-order valence-electron chi connectivity index (χ4n) is 1.39. The molecular formula is C10H14ClNO2. The molecule has 0 amide bonds. The van der Waals surface area contributed by atoms with E-state index in [0.29, 0.717) is 16.3 Å². The minimum atomic E-state index is -0.762. The van der Waals surface area contributed by atoms with E-state index in [4.69, 9.17) is 16.3 Å². The Kier molecular flexibility index (Phi) is 3.75. The van der Waals surface area contributed by atoms with E-state index in [1.54, 1.807) is 26.3 Å². The van der Waals surface area contributed by atoms with Gasteiger partial charge in [0, 0.05) is 10.6 Å². The van der Waals surface area contributed by atoms with E-state index in [9.17, 15) is 5.11 Å². The highest BCUT2D eigenvalue weighted by Crippen LogP contribution is 2.30. The first-order valence-corrected chi connectivity index (χ1v) is 4.67. The predicted octanol–water partition coefficient (Wildman–Crippen LogP) is 1.87. The maximum Gasteiger partial charge on any atom is 0.134 e. The molecule has 0 bridgehead atoms. The Labute approximate surface area is 88.7 Å². The summed E-state index contributed by atoms with van der Waals surface area (Å²) in [5, 5.41) is 13.0. The fraction of sp³-hybridized carbons (Fsp3) is 0.400. The molecule has 78 valence electrons. The van der Waals surface area contributed by atoms with Gasteiger partial charge < -0.3 is 9.84 Å². The summed E-state index contributed by atoms with van der Waals surface area (Å²) in [5.41, 5.74) is 1.56. The standard InChI is InChI=1S/C10H14ClNO2/c1-6-4-7(11)5-8(9(6)14-3)10(13)12-2/h4-5,10,12-13H,1-3H3. The van der Waals surface area contributed by atoms with E-state index in [2.05, 4.69) is 5.32 Å². The number of aryl methyl sites for hydroxylation is 1. The molecule has 3 nitrogen and oxygen atoms in total. The molecule has 1 rings (SSSR count). The molecule has 0 aliphatic rings. The van der Waals surface area contributed by atoms with Gasteiger partial charge in [-0.2, -0.15) is 0 Å². The lowest BCUT2D eigenvalue weighted by Crippen LogP contribution is -2.16. The second-order valence-electron chi connectivity index (χ2n) is 3.04. The molecule has 0 aliphatic carbocycles. The summed E-state index contributed by atoms with van der Waals surface area (Å²) < 4.78 is 5.20. The molecule has 1 aromatic carbocycles. The molecule has 0 saturated heterocycles. The minimum absolute atomic E-state index is 0.590. The van der Waals surface area contributed by atoms with Gasteiger partial charge >= 0.3 is 0 Å². The fourth-order valence-corrected chi connectivity index (χ4v) is 1.67. The Morgan fingerprint density at radius 1 is 1.50 bits per heavy atom. The molecule has 0 aliphatic heterocycles. The highest BCUT2D eigenvalue weighted by atomic mass is 35.5. The van der Waals surface area contributed by atoms with Crippen molar-refractivity contribution in [3.8, 4) is 5.75 Å². The topological polar surface area (TPSA) is 41.5 Å². The number of rotatable bonds is 3. The van der Waals surface area contributed by atoms with Gasteiger partial charge in [0.1, 0.15) is 12.0 Å². The number of halogens is 1. The van der Waals surface area contributed by atoms with Crippen molar-refractivity contribution in [2.24, 2.45) is 0 Å². The van der Waals surface area contributed by atoms with Crippen LogP contribution in [-0.4, -0.2) is 19.3 Å². The van der Waals surface area contributed by atoms with Crippen LogP contribution in [0.25, 0.3) is 0 Å². The van der Waals surface area contributed by atoms with Gasteiger partial charge in [0.2, 0.25) is 0 Å². The third kappa shape index (κ3) is 2.18. The Morgan fingerprint density at radius 2 is 2.14 bits per heavy atom. The molecule has 14 heavy (non-hydrogen) atoms. The number of benzene rings is 1. The van der Waals surface area contributed by atoms with Crippen LogP contribution in [0.4, 0.5) is 0 Å². The maximum absolute atomic E-state index is 9.64. The van der Waals surface area contributed by atoms with E-state index in [1.807, 2.05) is 6.92 Å². The average molecular weight is 216 g/mol. The van der Waals surface area contributed by atoms with Crippen molar-refractivity contribution in [2.45, 2.75) is 13.2 Å². The van der Waals surface area contributed by atoms with Gasteiger partial charge in [-0.15, -0.1) is 0 Å². The molecular weight excluding hydrogens is 202 g/mol. The summed E-state index contributed by atoms with van der Waals surface area (Å²) in [5.74, 6) is 0.663. The summed E-state index contributed by atoms with van der Waals surface area (Å²) in [7, 11) is 3.24. The van der Waals surface area contributed by atoms with E-state index >= 15 is 0 Å². The first kappa shape index (κ1) is 11.3. The van der Waals surface area contributed by atoms with Crippen LogP contribution in [0.5, 0.6) is 5.75 Å². The van der Waals surface area contributed by atoms with E-state index in [0.717, 1.165) is 5.56 Å². The smallest absolute Gasteiger partial charge is 0.134 e. The van der Waals surface area contributed by atoms with Crippen LogP contribution in [0.15, 0.2) is 12.1 Å². The van der Waals surface area contributed by atoms with Crippen molar-refractivity contribution >= 4 is 11.6 Å². The zero-order valence-corrected chi connectivity index (χ0v) is 9.22. The quantitative estimate of drug-likeness (QED) is 0.757. The number of ether oxygens (including phenoxy) is 1. The summed E-state index contributed by atoms with van der Waals surface area (Å²) in [6.45, 7) is 1.89. The van der Waals surface area contributed by atoms with Crippen LogP contribution in [-0.2, 0) is 0 Å². The molecule has 0 spiro atoms. The van der Waals surface area contributed by atoms with Crippen LogP contribution in [0.2, 0.25) is 5.02 Å². The van der Waals surface area contributed by atoms with Gasteiger partial charge in [-0.25, -0.2) is 0 Å². The Balaban J connectivity index is 3.24. The van der Waals surface area contributed by atoms with Gasteiger partial charge in [0.25, 0.3) is 0 Å². The average Bonchev–Trinajstić information content (AvgIpc) is 2.15. The molecule has 1 aromatic rings. The van der Waals surface area contributed by atoms with Gasteiger partial charge in [0.05, 0.1) is 7.11 Å². The van der Waals surface area contributed by atoms with Crippen molar-refractivity contribution in [3.63, 3.8) is 0 Å². The van der Waals surface area contributed by atoms with Gasteiger partial charge in [0.15, 0.2) is 0 Å². The number of hydrogen-bond donors (Lipinski definition) is 2. The number of nitrogens with one attached hydrogen (secondary N) is 1. The monoisotopic (exact) mass is 215 g/mol. The van der Waals surface area contributed by atoms with Gasteiger partial charge in [-0.1, -0.05) is 11.6 Å². The molecule has 0 radical (unpaired) electrons. The lowest BCUT2D eigenvalue weighted by atomic mass is 10.1. The highest BCUT2D eigenvalue weighted by Gasteiger charge is 2.14. The maximum atomic E-state index is 9.64. The Hall–Kier alpha value is -0.770. The first-order chi connectivity index (χ1) is 6.60. The summed E-state index contributed by atoms with van der Waals surface area (Å²) in [6, 6.07) is 3.49. The van der Waals surface area contributed by atoms with E-state index in [-0.39, 0.29) is 0 Å². The summed E-state index contributed by atoms with van der Waals surface area (Å²) in [4.78, 5) is 0. The summed E-state index contributed by atoms with van der Waals surface area (Å²) >= 11 is 5.89. The number of aliphatic hydroxyl groups excluding tert-OH is 1. The van der Waals surface area contributed by atoms with Crippen molar-refractivity contribution in [1.29, 1.82) is 0 Å². The predicted molar refractivity (Wildman–Crippen MR) is 56.8 cm³/mol. The normalized spacial score (nSPS) is 12.6.